The summed E-state index contributed by atoms with van der Waals surface area (Å²) in [5, 5.41) is 11.4. The zero-order valence-corrected chi connectivity index (χ0v) is 12.1. The number of amides is 2. The predicted octanol–water partition coefficient (Wildman–Crippen LogP) is -0.218. The van der Waals surface area contributed by atoms with Crippen LogP contribution in [-0.2, 0) is 19.0 Å². The number of aliphatic carboxylic acids is 1. The van der Waals surface area contributed by atoms with E-state index in [4.69, 9.17) is 19.3 Å². The van der Waals surface area contributed by atoms with Gasteiger partial charge in [-0.1, -0.05) is 0 Å². The summed E-state index contributed by atoms with van der Waals surface area (Å²) in [5.41, 5.74) is 0. The monoisotopic (exact) mass is 292 g/mol. The molecular weight excluding hydrogens is 268 g/mol. The van der Waals surface area contributed by atoms with Crippen LogP contribution in [0.1, 0.15) is 6.42 Å². The molecule has 2 N–H and O–H groups in total. The standard InChI is InChI=1S/C12H24N2O6/c1-18-7-5-14(10-11(15)16)12(17)13-4-3-6-20-9-8-19-2/h3-10H2,1-2H3,(H,13,17)(H,15,16). The van der Waals surface area contributed by atoms with Crippen LogP contribution >= 0.6 is 0 Å². The number of hydrogen-bond acceptors (Lipinski definition) is 5. The third-order valence-electron chi connectivity index (χ3n) is 2.35. The third-order valence-corrected chi connectivity index (χ3v) is 2.35. The first-order valence-electron chi connectivity index (χ1n) is 6.42. The van der Waals surface area contributed by atoms with E-state index in [1.165, 1.54) is 12.0 Å². The van der Waals surface area contributed by atoms with E-state index < -0.39 is 12.0 Å². The first-order chi connectivity index (χ1) is 9.61. The van der Waals surface area contributed by atoms with E-state index in [0.717, 1.165) is 0 Å². The van der Waals surface area contributed by atoms with Crippen LogP contribution in [0.3, 0.4) is 0 Å². The second-order valence-corrected chi connectivity index (χ2v) is 4.00. The molecule has 2 amide bonds. The Balaban J connectivity index is 3.79. The number of carboxylic acid groups (broad SMARTS) is 1. The van der Waals surface area contributed by atoms with Gasteiger partial charge in [0.2, 0.25) is 0 Å². The highest BCUT2D eigenvalue weighted by Crippen LogP contribution is 1.91. The van der Waals surface area contributed by atoms with Gasteiger partial charge in [-0.2, -0.15) is 0 Å². The number of urea groups is 1. The first kappa shape index (κ1) is 18.6. The van der Waals surface area contributed by atoms with Crippen LogP contribution in [0, 0.1) is 0 Å². The molecule has 0 aliphatic carbocycles. The first-order valence-corrected chi connectivity index (χ1v) is 6.42. The third kappa shape index (κ3) is 10.5. The van der Waals surface area contributed by atoms with Gasteiger partial charge in [0.1, 0.15) is 6.54 Å². The van der Waals surface area contributed by atoms with Crippen LogP contribution in [-0.4, -0.2) is 82.3 Å². The van der Waals surface area contributed by atoms with Crippen molar-refractivity contribution in [3.8, 4) is 0 Å². The maximum Gasteiger partial charge on any atom is 0.323 e. The lowest BCUT2D eigenvalue weighted by atomic mass is 10.4. The SMILES string of the molecule is COCCOCCCNC(=O)N(CCOC)CC(=O)O. The summed E-state index contributed by atoms with van der Waals surface area (Å²) in [5.74, 6) is -1.06. The number of hydrogen-bond donors (Lipinski definition) is 2. The minimum atomic E-state index is -1.06. The average molecular weight is 292 g/mol. The Morgan fingerprint density at radius 2 is 1.80 bits per heavy atom. The summed E-state index contributed by atoms with van der Waals surface area (Å²) in [6.45, 7) is 2.17. The Morgan fingerprint density at radius 3 is 2.40 bits per heavy atom. The number of nitrogens with one attached hydrogen (secondary N) is 1. The van der Waals surface area contributed by atoms with Crippen molar-refractivity contribution in [3.63, 3.8) is 0 Å². The van der Waals surface area contributed by atoms with Crippen LogP contribution in [0.15, 0.2) is 0 Å². The van der Waals surface area contributed by atoms with Gasteiger partial charge < -0.3 is 29.5 Å². The van der Waals surface area contributed by atoms with Gasteiger partial charge in [0.25, 0.3) is 0 Å². The van der Waals surface area contributed by atoms with Gasteiger partial charge >= 0.3 is 12.0 Å². The van der Waals surface area contributed by atoms with Crippen LogP contribution in [0.4, 0.5) is 4.79 Å². The summed E-state index contributed by atoms with van der Waals surface area (Å²) in [7, 11) is 3.09. The molecular formula is C12H24N2O6. The maximum absolute atomic E-state index is 11.8. The summed E-state index contributed by atoms with van der Waals surface area (Å²) in [6.07, 6.45) is 0.653. The zero-order valence-electron chi connectivity index (χ0n) is 12.1. The molecule has 0 rings (SSSR count). The maximum atomic E-state index is 11.8. The molecule has 20 heavy (non-hydrogen) atoms. The molecule has 0 saturated heterocycles. The summed E-state index contributed by atoms with van der Waals surface area (Å²) < 4.78 is 14.9. The number of rotatable bonds is 12. The molecule has 0 aromatic heterocycles. The van der Waals surface area contributed by atoms with Crippen molar-refractivity contribution >= 4 is 12.0 Å². The van der Waals surface area contributed by atoms with Crippen LogP contribution in [0.2, 0.25) is 0 Å². The fraction of sp³-hybridized carbons (Fsp3) is 0.833. The lowest BCUT2D eigenvalue weighted by molar-refractivity contribution is -0.137. The van der Waals surface area contributed by atoms with E-state index in [0.29, 0.717) is 39.4 Å². The van der Waals surface area contributed by atoms with Gasteiger partial charge in [-0.25, -0.2) is 4.79 Å². The molecule has 8 nitrogen and oxygen atoms in total. The summed E-state index contributed by atoms with van der Waals surface area (Å²) in [6, 6.07) is -0.415. The van der Waals surface area contributed by atoms with E-state index in [1.807, 2.05) is 0 Å². The Kier molecular flexibility index (Phi) is 11.8. The largest absolute Gasteiger partial charge is 0.480 e. The number of carbonyl (C=O) groups excluding carboxylic acids is 1. The Morgan fingerprint density at radius 1 is 1.10 bits per heavy atom. The molecule has 0 atom stereocenters. The molecule has 118 valence electrons. The number of nitrogens with zero attached hydrogens (tertiary/aromatic N) is 1. The fourth-order valence-electron chi connectivity index (χ4n) is 1.34. The van der Waals surface area contributed by atoms with Crippen molar-refractivity contribution < 1.29 is 28.9 Å². The van der Waals surface area contributed by atoms with Crippen LogP contribution in [0.5, 0.6) is 0 Å². The molecule has 0 radical (unpaired) electrons. The molecule has 0 bridgehead atoms. The summed E-state index contributed by atoms with van der Waals surface area (Å²) in [4.78, 5) is 23.6. The molecule has 8 heteroatoms. The molecule has 0 unspecified atom stereocenters. The van der Waals surface area contributed by atoms with Crippen molar-refractivity contribution in [2.24, 2.45) is 0 Å². The minimum Gasteiger partial charge on any atom is -0.480 e. The second kappa shape index (κ2) is 12.6. The van der Waals surface area contributed by atoms with Gasteiger partial charge in [0.15, 0.2) is 0 Å². The molecule has 0 heterocycles. The molecule has 0 fully saturated rings. The number of carboxylic acids is 1. The van der Waals surface area contributed by atoms with Gasteiger partial charge in [-0.15, -0.1) is 0 Å². The van der Waals surface area contributed by atoms with E-state index in [-0.39, 0.29) is 13.1 Å². The van der Waals surface area contributed by atoms with Crippen molar-refractivity contribution in [2.75, 3.05) is 60.3 Å². The smallest absolute Gasteiger partial charge is 0.323 e. The molecule has 0 aromatic rings. The van der Waals surface area contributed by atoms with Crippen molar-refractivity contribution in [2.45, 2.75) is 6.42 Å². The van der Waals surface area contributed by atoms with Gasteiger partial charge in [-0.05, 0) is 6.42 Å². The average Bonchev–Trinajstić information content (AvgIpc) is 2.41. The molecule has 0 saturated carbocycles. The normalized spacial score (nSPS) is 10.3. The summed E-state index contributed by atoms with van der Waals surface area (Å²) >= 11 is 0. The van der Waals surface area contributed by atoms with E-state index in [1.54, 1.807) is 7.11 Å². The lowest BCUT2D eigenvalue weighted by Crippen LogP contribution is -2.44. The van der Waals surface area contributed by atoms with Crippen LogP contribution < -0.4 is 5.32 Å². The van der Waals surface area contributed by atoms with E-state index in [9.17, 15) is 9.59 Å². The number of carbonyl (C=O) groups is 2. The Hall–Kier alpha value is -1.38. The van der Waals surface area contributed by atoms with Crippen molar-refractivity contribution in [1.29, 1.82) is 0 Å². The molecule has 0 spiro atoms. The van der Waals surface area contributed by atoms with Crippen molar-refractivity contribution in [1.82, 2.24) is 10.2 Å². The quantitative estimate of drug-likeness (QED) is 0.483. The Bertz CT molecular complexity index is 275. The highest BCUT2D eigenvalue weighted by atomic mass is 16.5. The minimum absolute atomic E-state index is 0.235. The topological polar surface area (TPSA) is 97.3 Å². The Labute approximate surface area is 119 Å². The fourth-order valence-corrected chi connectivity index (χ4v) is 1.34. The molecule has 0 aromatic carbocycles. The molecule has 0 aliphatic rings. The highest BCUT2D eigenvalue weighted by Gasteiger charge is 2.15. The van der Waals surface area contributed by atoms with Gasteiger partial charge in [0.05, 0.1) is 19.8 Å². The zero-order chi connectivity index (χ0) is 15.2. The van der Waals surface area contributed by atoms with Gasteiger partial charge in [0, 0.05) is 33.9 Å². The van der Waals surface area contributed by atoms with E-state index in [2.05, 4.69) is 5.32 Å². The van der Waals surface area contributed by atoms with Crippen LogP contribution in [0.25, 0.3) is 0 Å². The number of methoxy groups -OCH3 is 2. The number of ether oxygens (including phenoxy) is 3. The molecule has 0 aliphatic heterocycles. The van der Waals surface area contributed by atoms with E-state index >= 15 is 0 Å². The lowest BCUT2D eigenvalue weighted by Gasteiger charge is -2.20. The van der Waals surface area contributed by atoms with Gasteiger partial charge in [-0.3, -0.25) is 4.79 Å². The second-order valence-electron chi connectivity index (χ2n) is 4.00. The highest BCUT2D eigenvalue weighted by molar-refractivity contribution is 5.80. The predicted molar refractivity (Wildman–Crippen MR) is 71.8 cm³/mol. The van der Waals surface area contributed by atoms with Crippen molar-refractivity contribution in [3.05, 3.63) is 0 Å².